The number of nitrogens with two attached hydrogens (primary N) is 1. The summed E-state index contributed by atoms with van der Waals surface area (Å²) in [5.74, 6) is -0.350. The highest BCUT2D eigenvalue weighted by molar-refractivity contribution is 5.86. The third-order valence-electron chi connectivity index (χ3n) is 2.34. The summed E-state index contributed by atoms with van der Waals surface area (Å²) >= 11 is 0. The number of carbonyl (C=O) groups excluding carboxylic acids is 2. The Hall–Kier alpha value is -2.04. The van der Waals surface area contributed by atoms with Crippen molar-refractivity contribution in [3.63, 3.8) is 0 Å². The number of hydrogen-bond donors (Lipinski definition) is 2. The van der Waals surface area contributed by atoms with Crippen molar-refractivity contribution >= 4 is 17.5 Å². The van der Waals surface area contributed by atoms with E-state index in [1.807, 2.05) is 12.1 Å². The highest BCUT2D eigenvalue weighted by atomic mass is 16.2. The van der Waals surface area contributed by atoms with Crippen LogP contribution in [0.15, 0.2) is 24.3 Å². The summed E-state index contributed by atoms with van der Waals surface area (Å²) in [7, 11) is 3.29. The Kier molecular flexibility index (Phi) is 4.51. The largest absolute Gasteiger partial charge is 0.398 e. The highest BCUT2D eigenvalue weighted by Gasteiger charge is 2.08. The molecule has 0 unspecified atom stereocenters. The quantitative estimate of drug-likeness (QED) is 0.722. The number of likely N-dealkylation sites (N-methyl/N-ethyl adjacent to an activating group) is 1. The fourth-order valence-corrected chi connectivity index (χ4v) is 1.26. The Labute approximate surface area is 101 Å². The smallest absolute Gasteiger partial charge is 0.241 e. The summed E-state index contributed by atoms with van der Waals surface area (Å²) < 4.78 is 0. The van der Waals surface area contributed by atoms with Crippen molar-refractivity contribution in [3.8, 4) is 0 Å². The van der Waals surface area contributed by atoms with Gasteiger partial charge in [-0.2, -0.15) is 0 Å². The van der Waals surface area contributed by atoms with Gasteiger partial charge in [0.05, 0.1) is 13.0 Å². The summed E-state index contributed by atoms with van der Waals surface area (Å²) in [6, 6.07) is 7.17. The number of nitrogens with one attached hydrogen (secondary N) is 1. The molecule has 0 aromatic heterocycles. The van der Waals surface area contributed by atoms with Gasteiger partial charge in [0, 0.05) is 19.8 Å². The Morgan fingerprint density at radius 3 is 2.53 bits per heavy atom. The minimum Gasteiger partial charge on any atom is -0.398 e. The average Bonchev–Trinajstić information content (AvgIpc) is 2.29. The molecule has 0 saturated carbocycles. The molecule has 1 rings (SSSR count). The fourth-order valence-electron chi connectivity index (χ4n) is 1.26. The number of nitrogens with zero attached hydrogens (tertiary/aromatic N) is 1. The Morgan fingerprint density at radius 2 is 1.94 bits per heavy atom. The summed E-state index contributed by atoms with van der Waals surface area (Å²) in [6.45, 7) is 0.0125. The third-order valence-corrected chi connectivity index (χ3v) is 2.34. The lowest BCUT2D eigenvalue weighted by Crippen LogP contribution is -2.36. The fraction of sp³-hybridized carbons (Fsp3) is 0.333. The SMILES string of the molecule is CN(C)C(=O)CNC(=O)Cc1ccccc1N. The van der Waals surface area contributed by atoms with E-state index in [2.05, 4.69) is 5.32 Å². The van der Waals surface area contributed by atoms with Crippen LogP contribution >= 0.6 is 0 Å². The predicted molar refractivity (Wildman–Crippen MR) is 66.3 cm³/mol. The molecule has 0 aliphatic rings. The first-order valence-corrected chi connectivity index (χ1v) is 5.31. The summed E-state index contributed by atoms with van der Waals surface area (Å²) in [6.07, 6.45) is 0.188. The summed E-state index contributed by atoms with van der Waals surface area (Å²) in [5.41, 5.74) is 7.07. The van der Waals surface area contributed by atoms with Crippen molar-refractivity contribution in [2.75, 3.05) is 26.4 Å². The van der Waals surface area contributed by atoms with Gasteiger partial charge in [0.15, 0.2) is 0 Å². The minimum atomic E-state index is -0.210. The van der Waals surface area contributed by atoms with E-state index < -0.39 is 0 Å². The van der Waals surface area contributed by atoms with Crippen molar-refractivity contribution in [1.29, 1.82) is 0 Å². The van der Waals surface area contributed by atoms with Crippen LogP contribution in [0.5, 0.6) is 0 Å². The molecule has 5 nitrogen and oxygen atoms in total. The van der Waals surface area contributed by atoms with E-state index in [1.54, 1.807) is 26.2 Å². The molecule has 2 amide bonds. The van der Waals surface area contributed by atoms with Gasteiger partial charge in [-0.15, -0.1) is 0 Å². The molecule has 0 aliphatic heterocycles. The zero-order valence-corrected chi connectivity index (χ0v) is 10.1. The molecule has 1 aromatic rings. The van der Waals surface area contributed by atoms with E-state index in [4.69, 9.17) is 5.73 Å². The predicted octanol–water partition coefficient (Wildman–Crippen LogP) is 0.0157. The number of anilines is 1. The first-order chi connectivity index (χ1) is 8.00. The molecule has 0 bridgehead atoms. The van der Waals surface area contributed by atoms with E-state index in [0.717, 1.165) is 5.56 Å². The van der Waals surface area contributed by atoms with Gasteiger partial charge >= 0.3 is 0 Å². The van der Waals surface area contributed by atoms with Gasteiger partial charge in [-0.1, -0.05) is 18.2 Å². The van der Waals surface area contributed by atoms with Crippen LogP contribution in [-0.4, -0.2) is 37.4 Å². The van der Waals surface area contributed by atoms with Crippen molar-refractivity contribution in [3.05, 3.63) is 29.8 Å². The Morgan fingerprint density at radius 1 is 1.29 bits per heavy atom. The second-order valence-electron chi connectivity index (χ2n) is 3.94. The third kappa shape index (κ3) is 4.14. The Balaban J connectivity index is 2.46. The van der Waals surface area contributed by atoms with Gasteiger partial charge in [0.1, 0.15) is 0 Å². The molecule has 1 aromatic carbocycles. The second kappa shape index (κ2) is 5.89. The van der Waals surface area contributed by atoms with Crippen LogP contribution in [-0.2, 0) is 16.0 Å². The molecule has 0 fully saturated rings. The van der Waals surface area contributed by atoms with Crippen molar-refractivity contribution in [1.82, 2.24) is 10.2 Å². The zero-order valence-electron chi connectivity index (χ0n) is 10.1. The molecule has 92 valence electrons. The lowest BCUT2D eigenvalue weighted by Gasteiger charge is -2.11. The van der Waals surface area contributed by atoms with E-state index in [1.165, 1.54) is 4.90 Å². The molecule has 0 saturated heterocycles. The Bertz CT molecular complexity index is 416. The van der Waals surface area contributed by atoms with E-state index in [9.17, 15) is 9.59 Å². The molecule has 0 aliphatic carbocycles. The van der Waals surface area contributed by atoms with Gasteiger partial charge < -0.3 is 16.0 Å². The molecule has 5 heteroatoms. The zero-order chi connectivity index (χ0) is 12.8. The van der Waals surface area contributed by atoms with Crippen LogP contribution in [0.4, 0.5) is 5.69 Å². The number of para-hydroxylation sites is 1. The van der Waals surface area contributed by atoms with Crippen LogP contribution in [0.25, 0.3) is 0 Å². The minimum absolute atomic E-state index is 0.0125. The topological polar surface area (TPSA) is 75.4 Å². The van der Waals surface area contributed by atoms with Gasteiger partial charge in [0.2, 0.25) is 11.8 Å². The highest BCUT2D eigenvalue weighted by Crippen LogP contribution is 2.10. The normalized spacial score (nSPS) is 9.76. The summed E-state index contributed by atoms with van der Waals surface area (Å²) in [5, 5.41) is 2.55. The molecular formula is C12H17N3O2. The number of nitrogen functional groups attached to an aromatic ring is 1. The monoisotopic (exact) mass is 235 g/mol. The van der Waals surface area contributed by atoms with E-state index >= 15 is 0 Å². The van der Waals surface area contributed by atoms with Crippen LogP contribution < -0.4 is 11.1 Å². The first kappa shape index (κ1) is 13.0. The maximum Gasteiger partial charge on any atom is 0.241 e. The molecule has 0 atom stereocenters. The number of benzene rings is 1. The number of rotatable bonds is 4. The van der Waals surface area contributed by atoms with Crippen LogP contribution in [0.1, 0.15) is 5.56 Å². The summed E-state index contributed by atoms with van der Waals surface area (Å²) in [4.78, 5) is 24.2. The number of amides is 2. The maximum atomic E-state index is 11.6. The first-order valence-electron chi connectivity index (χ1n) is 5.31. The maximum absolute atomic E-state index is 11.6. The number of hydrogen-bond acceptors (Lipinski definition) is 3. The van der Waals surface area contributed by atoms with E-state index in [-0.39, 0.29) is 24.8 Å². The lowest BCUT2D eigenvalue weighted by atomic mass is 10.1. The van der Waals surface area contributed by atoms with Gasteiger partial charge in [-0.25, -0.2) is 0 Å². The molecule has 0 radical (unpaired) electrons. The lowest BCUT2D eigenvalue weighted by molar-refractivity contribution is -0.130. The van der Waals surface area contributed by atoms with Crippen LogP contribution in [0.2, 0.25) is 0 Å². The van der Waals surface area contributed by atoms with Crippen molar-refractivity contribution < 1.29 is 9.59 Å². The molecule has 17 heavy (non-hydrogen) atoms. The van der Waals surface area contributed by atoms with Crippen molar-refractivity contribution in [2.24, 2.45) is 0 Å². The van der Waals surface area contributed by atoms with Gasteiger partial charge in [-0.05, 0) is 11.6 Å². The van der Waals surface area contributed by atoms with Crippen LogP contribution in [0, 0.1) is 0 Å². The standard InChI is InChI=1S/C12H17N3O2/c1-15(2)12(17)8-14-11(16)7-9-5-3-4-6-10(9)13/h3-6H,7-8,13H2,1-2H3,(H,14,16). The van der Waals surface area contributed by atoms with Gasteiger partial charge in [-0.3, -0.25) is 9.59 Å². The molecule has 0 heterocycles. The van der Waals surface area contributed by atoms with Gasteiger partial charge in [0.25, 0.3) is 0 Å². The molecule has 0 spiro atoms. The van der Waals surface area contributed by atoms with Crippen LogP contribution in [0.3, 0.4) is 0 Å². The molecule has 3 N–H and O–H groups in total. The average molecular weight is 235 g/mol. The number of carbonyl (C=O) groups is 2. The molecular weight excluding hydrogens is 218 g/mol. The second-order valence-corrected chi connectivity index (χ2v) is 3.94. The van der Waals surface area contributed by atoms with E-state index in [0.29, 0.717) is 5.69 Å². The van der Waals surface area contributed by atoms with Crippen molar-refractivity contribution in [2.45, 2.75) is 6.42 Å².